The van der Waals surface area contributed by atoms with Crippen molar-refractivity contribution in [1.29, 1.82) is 0 Å². The first-order valence-corrected chi connectivity index (χ1v) is 11.8. The molecule has 0 aliphatic heterocycles. The summed E-state index contributed by atoms with van der Waals surface area (Å²) in [6.07, 6.45) is -12.5. The summed E-state index contributed by atoms with van der Waals surface area (Å²) in [6, 6.07) is 10.2. The van der Waals surface area contributed by atoms with Gasteiger partial charge in [0.1, 0.15) is 5.02 Å². The number of sulfonamides is 1. The largest absolute Gasteiger partial charge is 0.442 e. The van der Waals surface area contributed by atoms with Crippen LogP contribution in [0.5, 0.6) is 0 Å². The van der Waals surface area contributed by atoms with Gasteiger partial charge in [-0.05, 0) is 36.4 Å². The predicted molar refractivity (Wildman–Crippen MR) is 121 cm³/mol. The van der Waals surface area contributed by atoms with Crippen LogP contribution in [-0.2, 0) is 20.4 Å². The number of halogens is 7. The number of esters is 1. The third-order valence-electron chi connectivity index (χ3n) is 5.02. The maximum atomic E-state index is 14.1. The zero-order chi connectivity index (χ0) is 28.5. The van der Waals surface area contributed by atoms with E-state index < -0.39 is 66.4 Å². The van der Waals surface area contributed by atoms with E-state index in [1.54, 1.807) is 0 Å². The van der Waals surface area contributed by atoms with E-state index in [2.05, 4.69) is 4.74 Å². The van der Waals surface area contributed by atoms with Crippen molar-refractivity contribution in [2.24, 2.45) is 0 Å². The average molecular weight is 583 g/mol. The zero-order valence-corrected chi connectivity index (χ0v) is 20.0. The molecule has 8 nitrogen and oxygen atoms in total. The lowest BCUT2D eigenvalue weighted by atomic mass is 9.91. The van der Waals surface area contributed by atoms with Crippen LogP contribution in [-0.4, -0.2) is 31.7 Å². The average Bonchev–Trinajstić information content (AvgIpc) is 2.82. The Balaban J connectivity index is 2.05. The summed E-state index contributed by atoms with van der Waals surface area (Å²) in [7, 11) is -4.23. The van der Waals surface area contributed by atoms with Crippen LogP contribution < -0.4 is 4.72 Å². The van der Waals surface area contributed by atoms with E-state index >= 15 is 0 Å². The van der Waals surface area contributed by atoms with Crippen molar-refractivity contribution in [1.82, 2.24) is 0 Å². The lowest BCUT2D eigenvalue weighted by Gasteiger charge is -2.36. The van der Waals surface area contributed by atoms with Crippen molar-refractivity contribution in [3.63, 3.8) is 0 Å². The molecule has 1 N–H and O–H groups in total. The highest BCUT2D eigenvalue weighted by Crippen LogP contribution is 2.53. The van der Waals surface area contributed by atoms with Crippen LogP contribution in [0.25, 0.3) is 0 Å². The first kappa shape index (κ1) is 28.7. The van der Waals surface area contributed by atoms with Crippen LogP contribution in [0.4, 0.5) is 37.7 Å². The van der Waals surface area contributed by atoms with Crippen LogP contribution in [0.15, 0.2) is 77.7 Å². The monoisotopic (exact) mass is 582 g/mol. The highest BCUT2D eigenvalue weighted by molar-refractivity contribution is 7.92. The highest BCUT2D eigenvalue weighted by atomic mass is 35.5. The van der Waals surface area contributed by atoms with E-state index in [1.165, 1.54) is 30.3 Å². The fraction of sp³-hybridized carbons (Fsp3) is 0.136. The Hall–Kier alpha value is -3.85. The second-order valence-electron chi connectivity index (χ2n) is 7.49. The number of carbonyl (C=O) groups excluding carboxylic acids is 1. The molecule has 3 aromatic rings. The van der Waals surface area contributed by atoms with Crippen molar-refractivity contribution in [3.8, 4) is 0 Å². The van der Waals surface area contributed by atoms with Gasteiger partial charge in [0, 0.05) is 17.3 Å². The standard InChI is InChI=1S/C22H13ClF6N2O6S/c23-17-11-6-13(12-18(17)31(33)34)19(32)37-20(21(24,25)26,22(27,28)29)14-7-9-15(10-8-14)30-38(35,36)16-4-2-1-3-5-16/h1-12,30H. The van der Waals surface area contributed by atoms with E-state index in [0.29, 0.717) is 24.3 Å². The molecule has 202 valence electrons. The van der Waals surface area contributed by atoms with E-state index in [1.807, 2.05) is 4.72 Å². The summed E-state index contributed by atoms with van der Waals surface area (Å²) >= 11 is 5.57. The summed E-state index contributed by atoms with van der Waals surface area (Å²) in [4.78, 5) is 22.1. The number of nitro groups is 1. The maximum absolute atomic E-state index is 14.1. The lowest BCUT2D eigenvalue weighted by molar-refractivity contribution is -0.384. The fourth-order valence-corrected chi connectivity index (χ4v) is 4.49. The minimum Gasteiger partial charge on any atom is -0.431 e. The van der Waals surface area contributed by atoms with Crippen molar-refractivity contribution in [2.75, 3.05) is 4.72 Å². The van der Waals surface area contributed by atoms with Crippen molar-refractivity contribution in [3.05, 3.63) is 99.1 Å². The molecular formula is C22H13ClF6N2O6S. The molecule has 0 unspecified atom stereocenters. The Labute approximate surface area is 215 Å². The molecule has 0 amide bonds. The van der Waals surface area contributed by atoms with E-state index in [9.17, 15) is 49.7 Å². The molecule has 0 spiro atoms. The number of hydrogen-bond donors (Lipinski definition) is 1. The second-order valence-corrected chi connectivity index (χ2v) is 9.58. The van der Waals surface area contributed by atoms with Gasteiger partial charge in [-0.25, -0.2) is 13.2 Å². The van der Waals surface area contributed by atoms with Gasteiger partial charge in [-0.1, -0.05) is 41.9 Å². The molecule has 0 bridgehead atoms. The summed E-state index contributed by atoms with van der Waals surface area (Å²) in [6.45, 7) is 0. The van der Waals surface area contributed by atoms with Crippen molar-refractivity contribution < 1.29 is 49.2 Å². The zero-order valence-electron chi connectivity index (χ0n) is 18.4. The van der Waals surface area contributed by atoms with E-state index in [0.717, 1.165) is 6.07 Å². The number of anilines is 1. The predicted octanol–water partition coefficient (Wildman–Crippen LogP) is 6.23. The van der Waals surface area contributed by atoms with Crippen molar-refractivity contribution >= 4 is 39.0 Å². The number of rotatable bonds is 7. The van der Waals surface area contributed by atoms with Gasteiger partial charge in [0.05, 0.1) is 15.4 Å². The number of nitrogens with one attached hydrogen (secondary N) is 1. The molecule has 0 radical (unpaired) electrons. The van der Waals surface area contributed by atoms with Crippen LogP contribution in [0, 0.1) is 10.1 Å². The molecule has 0 aliphatic rings. The van der Waals surface area contributed by atoms with Gasteiger partial charge in [-0.2, -0.15) is 26.3 Å². The number of alkyl halides is 6. The number of nitrogens with zero attached hydrogens (tertiary/aromatic N) is 1. The smallest absolute Gasteiger partial charge is 0.431 e. The highest BCUT2D eigenvalue weighted by Gasteiger charge is 2.75. The first-order valence-electron chi connectivity index (χ1n) is 9.99. The summed E-state index contributed by atoms with van der Waals surface area (Å²) in [5, 5.41) is 10.5. The van der Waals surface area contributed by atoms with Crippen LogP contribution in [0.1, 0.15) is 15.9 Å². The maximum Gasteiger partial charge on any atom is 0.442 e. The van der Waals surface area contributed by atoms with Gasteiger partial charge < -0.3 is 4.74 Å². The quantitative estimate of drug-likeness (QED) is 0.153. The SMILES string of the molecule is O=C(OC(c1ccc(NS(=O)(=O)c2ccccc2)cc1)(C(F)(F)F)C(F)(F)F)c1ccc(Cl)c([N+](=O)[O-])c1. The van der Waals surface area contributed by atoms with Gasteiger partial charge in [-0.3, -0.25) is 14.8 Å². The number of nitro benzene ring substituents is 1. The van der Waals surface area contributed by atoms with Gasteiger partial charge >= 0.3 is 23.9 Å². The topological polar surface area (TPSA) is 116 Å². The molecular weight excluding hydrogens is 570 g/mol. The van der Waals surface area contributed by atoms with Crippen molar-refractivity contribution in [2.45, 2.75) is 22.8 Å². The molecule has 0 saturated heterocycles. The fourth-order valence-electron chi connectivity index (χ4n) is 3.23. The first-order chi connectivity index (χ1) is 17.5. The molecule has 0 fully saturated rings. The number of ether oxygens (including phenoxy) is 1. The van der Waals surface area contributed by atoms with Gasteiger partial charge in [0.15, 0.2) is 0 Å². The molecule has 38 heavy (non-hydrogen) atoms. The van der Waals surface area contributed by atoms with Crippen LogP contribution >= 0.6 is 11.6 Å². The molecule has 16 heteroatoms. The Kier molecular flexibility index (Phi) is 7.66. The molecule has 0 saturated carbocycles. The van der Waals surface area contributed by atoms with E-state index in [-0.39, 0.29) is 17.0 Å². The Morgan fingerprint density at radius 1 is 0.895 bits per heavy atom. The van der Waals surface area contributed by atoms with Crippen LogP contribution in [0.3, 0.4) is 0 Å². The normalized spacial score (nSPS) is 12.6. The number of benzene rings is 3. The third kappa shape index (κ3) is 5.52. The number of carbonyl (C=O) groups is 1. The minimum atomic E-state index is -6.27. The second kappa shape index (κ2) is 10.1. The van der Waals surface area contributed by atoms with Gasteiger partial charge in [0.25, 0.3) is 15.7 Å². The summed E-state index contributed by atoms with van der Waals surface area (Å²) in [5.41, 5.74) is -9.19. The third-order valence-corrected chi connectivity index (χ3v) is 6.74. The summed E-state index contributed by atoms with van der Waals surface area (Å²) < 4.78 is 115. The van der Waals surface area contributed by atoms with Gasteiger partial charge in [0.2, 0.25) is 0 Å². The lowest BCUT2D eigenvalue weighted by Crippen LogP contribution is -2.56. The van der Waals surface area contributed by atoms with Gasteiger partial charge in [-0.15, -0.1) is 0 Å². The Bertz CT molecular complexity index is 1450. The molecule has 3 rings (SSSR count). The molecule has 0 atom stereocenters. The summed E-state index contributed by atoms with van der Waals surface area (Å²) in [5.74, 6) is -2.19. The van der Waals surface area contributed by atoms with Crippen LogP contribution in [0.2, 0.25) is 5.02 Å². The number of hydrogen-bond acceptors (Lipinski definition) is 6. The Morgan fingerprint density at radius 3 is 1.95 bits per heavy atom. The van der Waals surface area contributed by atoms with E-state index in [4.69, 9.17) is 11.6 Å². The minimum absolute atomic E-state index is 0.227. The Morgan fingerprint density at radius 2 is 1.45 bits per heavy atom. The molecule has 0 heterocycles. The molecule has 3 aromatic carbocycles. The molecule has 0 aromatic heterocycles. The molecule has 0 aliphatic carbocycles.